The fourth-order valence-corrected chi connectivity index (χ4v) is 3.19. The maximum Gasteiger partial charge on any atom is 0.248 e. The summed E-state index contributed by atoms with van der Waals surface area (Å²) in [4.78, 5) is 25.6. The Morgan fingerprint density at radius 2 is 1.92 bits per heavy atom. The first-order chi connectivity index (χ1) is 11.5. The van der Waals surface area contributed by atoms with Crippen LogP contribution in [0.1, 0.15) is 39.4 Å². The summed E-state index contributed by atoms with van der Waals surface area (Å²) < 4.78 is 0. The third-order valence-electron chi connectivity index (χ3n) is 4.59. The molecule has 0 spiro atoms. The molecule has 2 N–H and O–H groups in total. The van der Waals surface area contributed by atoms with E-state index in [9.17, 15) is 9.59 Å². The summed E-state index contributed by atoms with van der Waals surface area (Å²) >= 11 is 0. The smallest absolute Gasteiger partial charge is 0.248 e. The van der Waals surface area contributed by atoms with Crippen molar-refractivity contribution in [3.8, 4) is 0 Å². The maximum absolute atomic E-state index is 12.6. The van der Waals surface area contributed by atoms with E-state index in [1.54, 1.807) is 23.1 Å². The second kappa shape index (κ2) is 6.48. The van der Waals surface area contributed by atoms with Gasteiger partial charge in [0, 0.05) is 25.1 Å². The summed E-state index contributed by atoms with van der Waals surface area (Å²) in [5.74, 6) is 0.103. The molecule has 0 saturated heterocycles. The minimum Gasteiger partial charge on any atom is -0.366 e. The van der Waals surface area contributed by atoms with Crippen LogP contribution in [0.2, 0.25) is 0 Å². The quantitative estimate of drug-likeness (QED) is 0.920. The van der Waals surface area contributed by atoms with Gasteiger partial charge >= 0.3 is 0 Å². The topological polar surface area (TPSA) is 63.4 Å². The van der Waals surface area contributed by atoms with Gasteiger partial charge in [0.1, 0.15) is 0 Å². The van der Waals surface area contributed by atoms with Gasteiger partial charge in [0.05, 0.1) is 0 Å². The summed E-state index contributed by atoms with van der Waals surface area (Å²) in [7, 11) is 1.81. The van der Waals surface area contributed by atoms with Crippen LogP contribution in [0.5, 0.6) is 0 Å². The molecule has 124 valence electrons. The molecule has 3 rings (SSSR count). The molecular weight excluding hydrogens is 300 g/mol. The van der Waals surface area contributed by atoms with Crippen LogP contribution >= 0.6 is 0 Å². The summed E-state index contributed by atoms with van der Waals surface area (Å²) in [5.41, 5.74) is 9.16. The van der Waals surface area contributed by atoms with E-state index in [0.717, 1.165) is 12.0 Å². The predicted molar refractivity (Wildman–Crippen MR) is 93.5 cm³/mol. The molecule has 0 aliphatic heterocycles. The Balaban J connectivity index is 1.64. The van der Waals surface area contributed by atoms with Gasteiger partial charge in [0.25, 0.3) is 0 Å². The Kier molecular flexibility index (Phi) is 4.38. The third-order valence-corrected chi connectivity index (χ3v) is 4.59. The van der Waals surface area contributed by atoms with Gasteiger partial charge in [0.2, 0.25) is 11.8 Å². The molecule has 0 radical (unpaired) electrons. The van der Waals surface area contributed by atoms with Crippen molar-refractivity contribution in [2.45, 2.75) is 25.8 Å². The van der Waals surface area contributed by atoms with E-state index in [-0.39, 0.29) is 11.8 Å². The Morgan fingerprint density at radius 1 is 1.17 bits per heavy atom. The zero-order valence-electron chi connectivity index (χ0n) is 14.0. The summed E-state index contributed by atoms with van der Waals surface area (Å²) in [6, 6.07) is 15.5. The number of hydrogen-bond donors (Lipinski definition) is 1. The highest BCUT2D eigenvalue weighted by Gasteiger charge is 2.45. The molecule has 0 heterocycles. The molecule has 24 heavy (non-hydrogen) atoms. The Morgan fingerprint density at radius 3 is 2.62 bits per heavy atom. The third kappa shape index (κ3) is 3.48. The number of rotatable bonds is 5. The van der Waals surface area contributed by atoms with Crippen molar-refractivity contribution in [3.05, 3.63) is 70.8 Å². The average Bonchev–Trinajstić information content (AvgIpc) is 3.35. The van der Waals surface area contributed by atoms with E-state index in [2.05, 4.69) is 25.1 Å². The molecule has 4 nitrogen and oxygen atoms in total. The molecule has 2 aromatic carbocycles. The van der Waals surface area contributed by atoms with Crippen molar-refractivity contribution in [2.24, 2.45) is 11.7 Å². The van der Waals surface area contributed by atoms with Crippen LogP contribution in [0.4, 0.5) is 0 Å². The van der Waals surface area contributed by atoms with Gasteiger partial charge in [-0.05, 0) is 42.5 Å². The standard InChI is InChI=1S/C20H22N2O2/c1-13-5-3-7-15(9-13)17-11-18(17)20(24)22(2)12-14-6-4-8-16(10-14)19(21)23/h3-10,17-18H,11-12H2,1-2H3,(H2,21,23)/t17-,18-/m1/s1. The monoisotopic (exact) mass is 322 g/mol. The number of amides is 2. The molecule has 2 atom stereocenters. The first kappa shape index (κ1) is 16.2. The number of benzene rings is 2. The number of nitrogens with two attached hydrogens (primary N) is 1. The summed E-state index contributed by atoms with van der Waals surface area (Å²) in [5, 5.41) is 0. The van der Waals surface area contributed by atoms with Crippen LogP contribution in [-0.2, 0) is 11.3 Å². The molecule has 0 bridgehead atoms. The molecule has 0 aromatic heterocycles. The SMILES string of the molecule is Cc1cccc([C@H]2C[C@H]2C(=O)N(C)Cc2cccc(C(N)=O)c2)c1. The lowest BCUT2D eigenvalue weighted by Crippen LogP contribution is -2.28. The number of aryl methyl sites for hydroxylation is 1. The molecule has 0 unspecified atom stereocenters. The van der Waals surface area contributed by atoms with Crippen molar-refractivity contribution in [1.29, 1.82) is 0 Å². The molecule has 2 amide bonds. The fourth-order valence-electron chi connectivity index (χ4n) is 3.19. The maximum atomic E-state index is 12.6. The van der Waals surface area contributed by atoms with Gasteiger partial charge in [-0.25, -0.2) is 0 Å². The van der Waals surface area contributed by atoms with Crippen LogP contribution in [-0.4, -0.2) is 23.8 Å². The molecule has 4 heteroatoms. The van der Waals surface area contributed by atoms with Crippen molar-refractivity contribution < 1.29 is 9.59 Å². The van der Waals surface area contributed by atoms with Gasteiger partial charge in [-0.3, -0.25) is 9.59 Å². The average molecular weight is 322 g/mol. The van der Waals surface area contributed by atoms with Crippen LogP contribution in [0.25, 0.3) is 0 Å². The lowest BCUT2D eigenvalue weighted by molar-refractivity contribution is -0.131. The molecular formula is C20H22N2O2. The van der Waals surface area contributed by atoms with Gasteiger partial charge < -0.3 is 10.6 Å². The number of carbonyl (C=O) groups is 2. The zero-order valence-corrected chi connectivity index (χ0v) is 14.0. The Hall–Kier alpha value is -2.62. The highest BCUT2D eigenvalue weighted by molar-refractivity contribution is 5.92. The molecule has 1 fully saturated rings. The lowest BCUT2D eigenvalue weighted by atomic mass is 10.1. The van der Waals surface area contributed by atoms with Crippen molar-refractivity contribution in [3.63, 3.8) is 0 Å². The van der Waals surface area contributed by atoms with Gasteiger partial charge in [0.15, 0.2) is 0 Å². The number of hydrogen-bond acceptors (Lipinski definition) is 2. The number of nitrogens with zero attached hydrogens (tertiary/aromatic N) is 1. The molecule has 1 aliphatic rings. The van der Waals surface area contributed by atoms with Crippen LogP contribution < -0.4 is 5.73 Å². The first-order valence-electron chi connectivity index (χ1n) is 8.16. The number of carbonyl (C=O) groups excluding carboxylic acids is 2. The van der Waals surface area contributed by atoms with Crippen LogP contribution in [0.3, 0.4) is 0 Å². The largest absolute Gasteiger partial charge is 0.366 e. The predicted octanol–water partition coefficient (Wildman–Crippen LogP) is 2.86. The van der Waals surface area contributed by atoms with Crippen molar-refractivity contribution in [2.75, 3.05) is 7.05 Å². The molecule has 1 saturated carbocycles. The Bertz CT molecular complexity index is 785. The highest BCUT2D eigenvalue weighted by Crippen LogP contribution is 2.48. The van der Waals surface area contributed by atoms with Gasteiger partial charge in [-0.2, -0.15) is 0 Å². The minimum absolute atomic E-state index is 0.0659. The molecule has 1 aliphatic carbocycles. The van der Waals surface area contributed by atoms with E-state index >= 15 is 0 Å². The lowest BCUT2D eigenvalue weighted by Gasteiger charge is -2.18. The second-order valence-corrected chi connectivity index (χ2v) is 6.62. The van der Waals surface area contributed by atoms with Gasteiger partial charge in [-0.1, -0.05) is 42.0 Å². The van der Waals surface area contributed by atoms with Crippen molar-refractivity contribution in [1.82, 2.24) is 4.90 Å². The minimum atomic E-state index is -0.451. The van der Waals surface area contributed by atoms with E-state index in [1.807, 2.05) is 19.2 Å². The fraction of sp³-hybridized carbons (Fsp3) is 0.300. The van der Waals surface area contributed by atoms with Crippen molar-refractivity contribution >= 4 is 11.8 Å². The number of primary amides is 1. The molecule has 2 aromatic rings. The summed E-state index contributed by atoms with van der Waals surface area (Å²) in [6.07, 6.45) is 0.911. The van der Waals surface area contributed by atoms with E-state index in [0.29, 0.717) is 18.0 Å². The van der Waals surface area contributed by atoms with E-state index in [4.69, 9.17) is 5.73 Å². The van der Waals surface area contributed by atoms with Crippen LogP contribution in [0.15, 0.2) is 48.5 Å². The zero-order chi connectivity index (χ0) is 17.3. The summed E-state index contributed by atoms with van der Waals surface area (Å²) in [6.45, 7) is 2.55. The second-order valence-electron chi connectivity index (χ2n) is 6.62. The van der Waals surface area contributed by atoms with Crippen LogP contribution in [0, 0.1) is 12.8 Å². The van der Waals surface area contributed by atoms with E-state index < -0.39 is 5.91 Å². The first-order valence-corrected chi connectivity index (χ1v) is 8.16. The van der Waals surface area contributed by atoms with E-state index in [1.165, 1.54) is 11.1 Å². The normalized spacial score (nSPS) is 18.9. The Labute approximate surface area is 142 Å². The highest BCUT2D eigenvalue weighted by atomic mass is 16.2. The van der Waals surface area contributed by atoms with Gasteiger partial charge in [-0.15, -0.1) is 0 Å².